The van der Waals surface area contributed by atoms with Gasteiger partial charge in [-0.15, -0.1) is 11.3 Å². The number of nitrogens with one attached hydrogen (secondary N) is 1. The van der Waals surface area contributed by atoms with Crippen molar-refractivity contribution in [2.24, 2.45) is 0 Å². The summed E-state index contributed by atoms with van der Waals surface area (Å²) in [5.41, 5.74) is 4.78. The van der Waals surface area contributed by atoms with E-state index < -0.39 is 0 Å². The fourth-order valence-electron chi connectivity index (χ4n) is 3.44. The molecule has 1 N–H and O–H groups in total. The van der Waals surface area contributed by atoms with Gasteiger partial charge in [0.25, 0.3) is 5.91 Å². The summed E-state index contributed by atoms with van der Waals surface area (Å²) in [4.78, 5) is 22.5. The molecule has 0 unspecified atom stereocenters. The monoisotopic (exact) mass is 395 g/mol. The van der Waals surface area contributed by atoms with Crippen molar-refractivity contribution >= 4 is 44.1 Å². The van der Waals surface area contributed by atoms with Crippen molar-refractivity contribution in [3.63, 3.8) is 0 Å². The number of thiazole rings is 1. The first-order valence-electron chi connectivity index (χ1n) is 9.31. The van der Waals surface area contributed by atoms with E-state index in [2.05, 4.69) is 10.3 Å². The van der Waals surface area contributed by atoms with Crippen molar-refractivity contribution < 1.29 is 4.79 Å². The highest BCUT2D eigenvalue weighted by Crippen LogP contribution is 2.27. The number of para-hydroxylation sites is 1. The van der Waals surface area contributed by atoms with Gasteiger partial charge in [-0.3, -0.25) is 4.79 Å². The molecule has 0 aliphatic rings. The Morgan fingerprint density at radius 3 is 2.52 bits per heavy atom. The maximum absolute atomic E-state index is 13.2. The number of hydrogen-bond acceptors (Lipinski definition) is 4. The van der Waals surface area contributed by atoms with Crippen LogP contribution >= 0.6 is 11.3 Å². The first kappa shape index (κ1) is 17.5. The van der Waals surface area contributed by atoms with Gasteiger partial charge in [-0.1, -0.05) is 48.5 Å². The van der Waals surface area contributed by atoms with Gasteiger partial charge in [0.05, 0.1) is 32.0 Å². The highest BCUT2D eigenvalue weighted by atomic mass is 32.1. The van der Waals surface area contributed by atoms with Crippen LogP contribution in [-0.4, -0.2) is 15.9 Å². The first-order valence-corrected chi connectivity index (χ1v) is 10.1. The summed E-state index contributed by atoms with van der Waals surface area (Å²) in [7, 11) is 0. The molecule has 0 aliphatic carbocycles. The van der Waals surface area contributed by atoms with Gasteiger partial charge in [-0.25, -0.2) is 9.97 Å². The molecule has 1 amide bonds. The summed E-state index contributed by atoms with van der Waals surface area (Å²) in [6.45, 7) is 1.98. The molecular formula is C24H17N3OS. The summed E-state index contributed by atoms with van der Waals surface area (Å²) in [6.07, 6.45) is 0. The largest absolute Gasteiger partial charge is 0.322 e. The molecule has 0 radical (unpaired) electrons. The lowest BCUT2D eigenvalue weighted by Crippen LogP contribution is -2.13. The van der Waals surface area contributed by atoms with Crippen molar-refractivity contribution in [1.82, 2.24) is 9.97 Å². The van der Waals surface area contributed by atoms with E-state index in [-0.39, 0.29) is 5.91 Å². The van der Waals surface area contributed by atoms with Gasteiger partial charge >= 0.3 is 0 Å². The minimum atomic E-state index is -0.160. The number of aromatic nitrogens is 2. The van der Waals surface area contributed by atoms with Gasteiger partial charge in [-0.05, 0) is 37.3 Å². The van der Waals surface area contributed by atoms with Crippen molar-refractivity contribution in [3.8, 4) is 11.3 Å². The Kier molecular flexibility index (Phi) is 4.30. The van der Waals surface area contributed by atoms with Gasteiger partial charge in [0.1, 0.15) is 0 Å². The Morgan fingerprint density at radius 2 is 1.66 bits per heavy atom. The normalized spacial score (nSPS) is 11.1. The Hall–Kier alpha value is -3.57. The third kappa shape index (κ3) is 3.37. The maximum Gasteiger partial charge on any atom is 0.256 e. The van der Waals surface area contributed by atoms with Crippen LogP contribution in [0, 0.1) is 6.92 Å². The lowest BCUT2D eigenvalue weighted by Gasteiger charge is -2.11. The number of anilines is 1. The number of fused-ring (bicyclic) bond motifs is 2. The van der Waals surface area contributed by atoms with Crippen molar-refractivity contribution in [2.75, 3.05) is 5.32 Å². The van der Waals surface area contributed by atoms with E-state index in [9.17, 15) is 4.79 Å². The highest BCUT2D eigenvalue weighted by Gasteiger charge is 2.14. The van der Waals surface area contributed by atoms with Gasteiger partial charge < -0.3 is 5.32 Å². The number of aryl methyl sites for hydroxylation is 1. The summed E-state index contributed by atoms with van der Waals surface area (Å²) >= 11 is 1.65. The molecule has 4 nitrogen and oxygen atoms in total. The maximum atomic E-state index is 13.2. The van der Waals surface area contributed by atoms with Gasteiger partial charge in [-0.2, -0.15) is 0 Å². The van der Waals surface area contributed by atoms with Crippen LogP contribution in [0.15, 0.2) is 78.9 Å². The fraction of sp³-hybridized carbons (Fsp3) is 0.0417. The average molecular weight is 395 g/mol. The summed E-state index contributed by atoms with van der Waals surface area (Å²) in [5, 5.41) is 4.87. The smallest absolute Gasteiger partial charge is 0.256 e. The number of benzene rings is 3. The molecule has 0 atom stereocenters. The molecule has 5 heteroatoms. The van der Waals surface area contributed by atoms with Crippen LogP contribution in [0.1, 0.15) is 15.4 Å². The van der Waals surface area contributed by atoms with Crippen molar-refractivity contribution in [2.45, 2.75) is 6.92 Å². The minimum Gasteiger partial charge on any atom is -0.322 e. The summed E-state index contributed by atoms with van der Waals surface area (Å²) in [6, 6.07) is 25.3. The van der Waals surface area contributed by atoms with E-state index in [0.29, 0.717) is 5.56 Å². The summed E-state index contributed by atoms with van der Waals surface area (Å²) < 4.78 is 1.11. The van der Waals surface area contributed by atoms with Crippen LogP contribution in [0.25, 0.3) is 32.4 Å². The topological polar surface area (TPSA) is 54.9 Å². The van der Waals surface area contributed by atoms with E-state index in [1.165, 1.54) is 0 Å². The molecule has 2 heterocycles. The summed E-state index contributed by atoms with van der Waals surface area (Å²) in [5.74, 6) is -0.160. The predicted molar refractivity (Wildman–Crippen MR) is 119 cm³/mol. The lowest BCUT2D eigenvalue weighted by atomic mass is 10.0. The number of hydrogen-bond donors (Lipinski definition) is 1. The van der Waals surface area contributed by atoms with E-state index in [0.717, 1.165) is 43.1 Å². The third-order valence-corrected chi connectivity index (χ3v) is 5.73. The fourth-order valence-corrected chi connectivity index (χ4v) is 4.25. The lowest BCUT2D eigenvalue weighted by molar-refractivity contribution is 0.102. The number of nitrogens with zero attached hydrogens (tertiary/aromatic N) is 2. The molecule has 3 aromatic carbocycles. The molecule has 5 aromatic rings. The Balaban J connectivity index is 1.57. The SMILES string of the molecule is Cc1nc2cc(NC(=O)c3cc(-c4ccccc4)nc4ccccc34)ccc2s1. The molecule has 0 fully saturated rings. The van der Waals surface area contributed by atoms with Crippen LogP contribution in [-0.2, 0) is 0 Å². The van der Waals surface area contributed by atoms with Gasteiger partial charge in [0.2, 0.25) is 0 Å². The van der Waals surface area contributed by atoms with Gasteiger partial charge in [0, 0.05) is 16.6 Å². The first-order chi connectivity index (χ1) is 14.2. The third-order valence-electron chi connectivity index (χ3n) is 4.78. The highest BCUT2D eigenvalue weighted by molar-refractivity contribution is 7.18. The van der Waals surface area contributed by atoms with E-state index in [1.807, 2.05) is 85.8 Å². The van der Waals surface area contributed by atoms with E-state index in [1.54, 1.807) is 11.3 Å². The Morgan fingerprint density at radius 1 is 0.862 bits per heavy atom. The Labute approximate surface area is 171 Å². The number of amides is 1. The minimum absolute atomic E-state index is 0.160. The number of carbonyl (C=O) groups is 1. The second-order valence-corrected chi connectivity index (χ2v) is 8.04. The standard InChI is InChI=1S/C24H17N3OS/c1-15-25-22-13-17(11-12-23(22)29-15)26-24(28)19-14-21(16-7-3-2-4-8-16)27-20-10-6-5-9-18(19)20/h2-14H,1H3,(H,26,28). The van der Waals surface area contributed by atoms with E-state index in [4.69, 9.17) is 4.98 Å². The molecule has 0 saturated heterocycles. The quantitative estimate of drug-likeness (QED) is 0.403. The van der Waals surface area contributed by atoms with Gasteiger partial charge in [0.15, 0.2) is 0 Å². The van der Waals surface area contributed by atoms with Crippen molar-refractivity contribution in [3.05, 3.63) is 89.4 Å². The van der Waals surface area contributed by atoms with Crippen LogP contribution in [0.4, 0.5) is 5.69 Å². The molecule has 0 saturated carbocycles. The molecule has 29 heavy (non-hydrogen) atoms. The number of carbonyl (C=O) groups excluding carboxylic acids is 1. The molecular weight excluding hydrogens is 378 g/mol. The second kappa shape index (κ2) is 7.11. The second-order valence-electron chi connectivity index (χ2n) is 6.81. The zero-order chi connectivity index (χ0) is 19.8. The predicted octanol–water partition coefficient (Wildman–Crippen LogP) is 6.07. The van der Waals surface area contributed by atoms with Crippen LogP contribution in [0.5, 0.6) is 0 Å². The number of rotatable bonds is 3. The molecule has 140 valence electrons. The van der Waals surface area contributed by atoms with E-state index >= 15 is 0 Å². The zero-order valence-electron chi connectivity index (χ0n) is 15.7. The van der Waals surface area contributed by atoms with Crippen LogP contribution in [0.3, 0.4) is 0 Å². The molecule has 0 aliphatic heterocycles. The van der Waals surface area contributed by atoms with Crippen molar-refractivity contribution in [1.29, 1.82) is 0 Å². The van der Waals surface area contributed by atoms with Crippen LogP contribution < -0.4 is 5.32 Å². The molecule has 0 spiro atoms. The molecule has 2 aromatic heterocycles. The average Bonchev–Trinajstić information content (AvgIpc) is 3.13. The molecule has 0 bridgehead atoms. The van der Waals surface area contributed by atoms with Crippen LogP contribution in [0.2, 0.25) is 0 Å². The molecule has 5 rings (SSSR count). The zero-order valence-corrected chi connectivity index (χ0v) is 16.5. The Bertz CT molecular complexity index is 1360. The number of pyridine rings is 1.